The number of nitrogens with one attached hydrogen (secondary N) is 1. The minimum Gasteiger partial charge on any atom is -0.872 e. The van der Waals surface area contributed by atoms with Crippen LogP contribution in [0.15, 0.2) is 23.1 Å². The fraction of sp³-hybridized carbons (Fsp3) is 0. The van der Waals surface area contributed by atoms with Crippen LogP contribution in [-0.4, -0.2) is 16.1 Å². The van der Waals surface area contributed by atoms with E-state index in [9.17, 15) is 24.8 Å². The lowest BCUT2D eigenvalue weighted by atomic mass is 10.1. The molecule has 1 heterocycles. The lowest BCUT2D eigenvalue weighted by Gasteiger charge is -2.09. The molecule has 0 aromatic heterocycles. The molecule has 1 aromatic carbocycles. The third kappa shape index (κ3) is 2.33. The predicted molar refractivity (Wildman–Crippen MR) is 61.6 cm³/mol. The third-order valence-electron chi connectivity index (χ3n) is 2.13. The van der Waals surface area contributed by atoms with Gasteiger partial charge in [-0.15, -0.1) is 5.75 Å². The molecule has 18 heavy (non-hydrogen) atoms. The van der Waals surface area contributed by atoms with E-state index in [1.165, 1.54) is 6.08 Å². The average molecular weight is 265 g/mol. The monoisotopic (exact) mass is 265 g/mol. The summed E-state index contributed by atoms with van der Waals surface area (Å²) in [4.78, 5) is 32.1. The molecule has 7 nitrogen and oxygen atoms in total. The Balaban J connectivity index is 2.42. The molecule has 0 bridgehead atoms. The van der Waals surface area contributed by atoms with Gasteiger partial charge in [0, 0.05) is 12.1 Å². The number of nitrogens with zero attached hydrogens (tertiary/aromatic N) is 1. The van der Waals surface area contributed by atoms with Crippen molar-refractivity contribution in [2.75, 3.05) is 0 Å². The first kappa shape index (κ1) is 12.1. The van der Waals surface area contributed by atoms with Gasteiger partial charge in [-0.3, -0.25) is 25.0 Å². The van der Waals surface area contributed by atoms with Crippen molar-refractivity contribution >= 4 is 34.7 Å². The van der Waals surface area contributed by atoms with E-state index in [0.29, 0.717) is 11.8 Å². The predicted octanol–water partition coefficient (Wildman–Crippen LogP) is 0.992. The number of benzene rings is 1. The van der Waals surface area contributed by atoms with Crippen LogP contribution in [0.2, 0.25) is 0 Å². The number of imide groups is 1. The van der Waals surface area contributed by atoms with E-state index in [1.54, 1.807) is 0 Å². The van der Waals surface area contributed by atoms with Gasteiger partial charge in [0.2, 0.25) is 0 Å². The third-order valence-corrected chi connectivity index (χ3v) is 2.94. The highest BCUT2D eigenvalue weighted by molar-refractivity contribution is 8.18. The molecule has 0 unspecified atom stereocenters. The molecule has 0 radical (unpaired) electrons. The SMILES string of the molecule is O=C1NC(=O)/C(=C\c2cc([N+](=O)[O-])ccc2[O-])S1. The topological polar surface area (TPSA) is 112 Å². The molecular weight excluding hydrogens is 260 g/mol. The Morgan fingerprint density at radius 3 is 2.61 bits per heavy atom. The highest BCUT2D eigenvalue weighted by Crippen LogP contribution is 2.29. The summed E-state index contributed by atoms with van der Waals surface area (Å²) in [6, 6.07) is 3.19. The van der Waals surface area contributed by atoms with Gasteiger partial charge in [-0.2, -0.15) is 0 Å². The Bertz CT molecular complexity index is 596. The number of thioether (sulfide) groups is 1. The number of amides is 2. The second kappa shape index (κ2) is 4.49. The first-order valence-electron chi connectivity index (χ1n) is 4.67. The van der Waals surface area contributed by atoms with Gasteiger partial charge >= 0.3 is 0 Å². The van der Waals surface area contributed by atoms with Crippen molar-refractivity contribution < 1.29 is 19.6 Å². The quantitative estimate of drug-likeness (QED) is 0.484. The maximum Gasteiger partial charge on any atom is 0.290 e. The second-order valence-electron chi connectivity index (χ2n) is 3.33. The molecule has 1 aromatic rings. The van der Waals surface area contributed by atoms with Gasteiger partial charge in [-0.05, 0) is 23.4 Å². The Morgan fingerprint density at radius 2 is 2.06 bits per heavy atom. The summed E-state index contributed by atoms with van der Waals surface area (Å²) in [5, 5.41) is 23.5. The summed E-state index contributed by atoms with van der Waals surface area (Å²) in [5.41, 5.74) is -0.257. The summed E-state index contributed by atoms with van der Waals surface area (Å²) in [6.45, 7) is 0. The van der Waals surface area contributed by atoms with Crippen molar-refractivity contribution in [2.45, 2.75) is 0 Å². The lowest BCUT2D eigenvalue weighted by molar-refractivity contribution is -0.385. The maximum absolute atomic E-state index is 11.5. The molecule has 92 valence electrons. The van der Waals surface area contributed by atoms with Gasteiger partial charge in [0.05, 0.1) is 9.83 Å². The van der Waals surface area contributed by atoms with Crippen molar-refractivity contribution in [3.63, 3.8) is 0 Å². The molecule has 2 rings (SSSR count). The van der Waals surface area contributed by atoms with Crippen molar-refractivity contribution in [1.82, 2.24) is 5.32 Å². The van der Waals surface area contributed by atoms with Crippen LogP contribution in [-0.2, 0) is 4.79 Å². The number of hydrogen-bond donors (Lipinski definition) is 1. The molecule has 1 fully saturated rings. The number of nitro benzene ring substituents is 1. The van der Waals surface area contributed by atoms with Gasteiger partial charge in [-0.25, -0.2) is 0 Å². The van der Waals surface area contributed by atoms with E-state index >= 15 is 0 Å². The summed E-state index contributed by atoms with van der Waals surface area (Å²) in [6.07, 6.45) is 1.17. The minimum absolute atomic E-state index is 0.00319. The molecule has 0 atom stereocenters. The van der Waals surface area contributed by atoms with Crippen LogP contribution in [0.4, 0.5) is 10.5 Å². The van der Waals surface area contributed by atoms with Crippen LogP contribution >= 0.6 is 11.8 Å². The summed E-state index contributed by atoms with van der Waals surface area (Å²) < 4.78 is 0. The van der Waals surface area contributed by atoms with Gasteiger partial charge in [0.1, 0.15) is 0 Å². The maximum atomic E-state index is 11.5. The standard InChI is InChI=1S/C10H6N2O5S/c13-7-2-1-6(12(16)17)3-5(7)4-8-9(14)11-10(15)18-8/h1-4,13H,(H,11,14,15)/p-1/b8-4+. The first-order valence-corrected chi connectivity index (χ1v) is 5.49. The molecular formula is C10H5N2O5S-. The van der Waals surface area contributed by atoms with Gasteiger partial charge in [0.25, 0.3) is 16.8 Å². The highest BCUT2D eigenvalue weighted by atomic mass is 32.2. The summed E-state index contributed by atoms with van der Waals surface area (Å²) in [5.74, 6) is -1.07. The van der Waals surface area contributed by atoms with Crippen LogP contribution in [0.3, 0.4) is 0 Å². The van der Waals surface area contributed by atoms with Gasteiger partial charge in [-0.1, -0.05) is 6.07 Å². The Kier molecular flexibility index (Phi) is 3.02. The Hall–Kier alpha value is -2.35. The van der Waals surface area contributed by atoms with Gasteiger partial charge < -0.3 is 5.11 Å². The zero-order chi connectivity index (χ0) is 13.3. The molecule has 1 aliphatic heterocycles. The zero-order valence-corrected chi connectivity index (χ0v) is 9.52. The van der Waals surface area contributed by atoms with E-state index in [1.807, 2.05) is 5.32 Å². The summed E-state index contributed by atoms with van der Waals surface area (Å²) >= 11 is 0.644. The van der Waals surface area contributed by atoms with E-state index < -0.39 is 21.8 Å². The van der Waals surface area contributed by atoms with Gasteiger partial charge in [0.15, 0.2) is 0 Å². The number of carbonyl (C=O) groups is 2. The highest BCUT2D eigenvalue weighted by Gasteiger charge is 2.25. The molecule has 0 aliphatic carbocycles. The number of non-ortho nitro benzene ring substituents is 1. The van der Waals surface area contributed by atoms with Crippen LogP contribution in [0.1, 0.15) is 5.56 Å². The van der Waals surface area contributed by atoms with Crippen molar-refractivity contribution in [3.8, 4) is 5.75 Å². The van der Waals surface area contributed by atoms with E-state index in [4.69, 9.17) is 0 Å². The number of rotatable bonds is 2. The molecule has 2 amide bonds. The number of hydrogen-bond acceptors (Lipinski definition) is 6. The second-order valence-corrected chi connectivity index (χ2v) is 4.35. The molecule has 1 N–H and O–H groups in total. The first-order chi connectivity index (χ1) is 8.47. The van der Waals surface area contributed by atoms with Crippen LogP contribution in [0.5, 0.6) is 5.75 Å². The Labute approximate surface area is 105 Å². The van der Waals surface area contributed by atoms with Crippen LogP contribution < -0.4 is 10.4 Å². The fourth-order valence-corrected chi connectivity index (χ4v) is 2.00. The lowest BCUT2D eigenvalue weighted by Crippen LogP contribution is -2.17. The molecule has 0 spiro atoms. The average Bonchev–Trinajstić information content (AvgIpc) is 2.60. The van der Waals surface area contributed by atoms with Crippen molar-refractivity contribution in [2.24, 2.45) is 0 Å². The Morgan fingerprint density at radius 1 is 1.33 bits per heavy atom. The largest absolute Gasteiger partial charge is 0.872 e. The zero-order valence-electron chi connectivity index (χ0n) is 8.71. The fourth-order valence-electron chi connectivity index (χ4n) is 1.32. The van der Waals surface area contributed by atoms with Crippen molar-refractivity contribution in [3.05, 3.63) is 38.8 Å². The van der Waals surface area contributed by atoms with E-state index in [-0.39, 0.29) is 16.2 Å². The smallest absolute Gasteiger partial charge is 0.290 e. The van der Waals surface area contributed by atoms with E-state index in [2.05, 4.69) is 0 Å². The van der Waals surface area contributed by atoms with Crippen molar-refractivity contribution in [1.29, 1.82) is 0 Å². The number of nitro groups is 1. The normalized spacial score (nSPS) is 17.0. The van der Waals surface area contributed by atoms with Crippen LogP contribution in [0, 0.1) is 10.1 Å². The molecule has 1 aliphatic rings. The number of carbonyl (C=O) groups excluding carboxylic acids is 2. The van der Waals surface area contributed by atoms with Crippen LogP contribution in [0.25, 0.3) is 6.08 Å². The molecule has 8 heteroatoms. The summed E-state index contributed by atoms with van der Waals surface area (Å²) in [7, 11) is 0. The minimum atomic E-state index is -0.644. The van der Waals surface area contributed by atoms with E-state index in [0.717, 1.165) is 18.2 Å². The molecule has 0 saturated carbocycles. The molecule has 1 saturated heterocycles.